The Morgan fingerprint density at radius 2 is 1.52 bits per heavy atom. The van der Waals surface area contributed by atoms with E-state index in [-0.39, 0.29) is 17.0 Å². The van der Waals surface area contributed by atoms with E-state index in [1.807, 2.05) is 0 Å². The number of phosphoric acid groups is 3. The number of rotatable bonds is 4. The van der Waals surface area contributed by atoms with Gasteiger partial charge >= 0.3 is 23.5 Å². The van der Waals surface area contributed by atoms with Gasteiger partial charge in [-0.1, -0.05) is 0 Å². The van der Waals surface area contributed by atoms with E-state index in [0.29, 0.717) is 11.2 Å². The fourth-order valence-corrected chi connectivity index (χ4v) is 3.68. The molecule has 0 radical (unpaired) electrons. The number of hydrogen-bond donors (Lipinski definition) is 8. The van der Waals surface area contributed by atoms with Gasteiger partial charge in [0.1, 0.15) is 0 Å². The normalized spacial score (nSPS) is 12.2. The predicted molar refractivity (Wildman–Crippen MR) is 78.6 cm³/mol. The van der Waals surface area contributed by atoms with Crippen molar-refractivity contribution >= 4 is 40.6 Å². The molecule has 0 aliphatic heterocycles. The van der Waals surface area contributed by atoms with Gasteiger partial charge in [0.15, 0.2) is 11.2 Å². The lowest BCUT2D eigenvalue weighted by Crippen LogP contribution is -2.10. The number of nitrogens with two attached hydrogens (primary N) is 1. The van der Waals surface area contributed by atoms with Crippen LogP contribution in [0.4, 0.5) is 5.95 Å². The summed E-state index contributed by atoms with van der Waals surface area (Å²) in [5.41, 5.74) is 5.65. The Labute approximate surface area is 136 Å². The third kappa shape index (κ3) is 8.97. The van der Waals surface area contributed by atoms with Gasteiger partial charge in [0.25, 0.3) is 5.56 Å². The molecule has 0 bridgehead atoms. The van der Waals surface area contributed by atoms with Gasteiger partial charge in [-0.3, -0.25) is 9.78 Å². The predicted octanol–water partition coefficient (Wildman–Crippen LogP) is -2.29. The van der Waals surface area contributed by atoms with Gasteiger partial charge in [0.05, 0.1) is 6.33 Å². The third-order valence-electron chi connectivity index (χ3n) is 1.73. The molecule has 17 nitrogen and oxygen atoms in total. The van der Waals surface area contributed by atoms with E-state index in [1.54, 1.807) is 0 Å². The minimum Gasteiger partial charge on any atom is -0.412 e. The van der Waals surface area contributed by atoms with Crippen molar-refractivity contribution in [2.45, 2.75) is 0 Å². The van der Waals surface area contributed by atoms with Crippen molar-refractivity contribution < 1.29 is 52.3 Å². The van der Waals surface area contributed by atoms with Crippen LogP contribution in [0.2, 0.25) is 0 Å². The van der Waals surface area contributed by atoms with E-state index >= 15 is 0 Å². The van der Waals surface area contributed by atoms with Gasteiger partial charge in [-0.15, -0.1) is 0 Å². The summed E-state index contributed by atoms with van der Waals surface area (Å²) >= 11 is 0. The standard InChI is InChI=1S/C5H5N5O.H5O10P3.H2O/c6-5-9-3-2(4(11)10-5)7-1-8-3;1-11(2,3)9-13(7,8)10-12(4,5)6;/h1H,(H4,6,7,8,9,10,11);(H,7,8)(H2,1,2,3)(H2,4,5,6);1H2. The molecule has 11 N–H and O–H groups in total. The second-order valence-corrected chi connectivity index (χ2v) is 7.87. The highest BCUT2D eigenvalue weighted by atomic mass is 31.3. The van der Waals surface area contributed by atoms with Crippen molar-refractivity contribution in [3.63, 3.8) is 0 Å². The van der Waals surface area contributed by atoms with Crippen LogP contribution in [0.15, 0.2) is 11.1 Å². The van der Waals surface area contributed by atoms with E-state index in [2.05, 4.69) is 28.6 Å². The van der Waals surface area contributed by atoms with Crippen molar-refractivity contribution in [1.82, 2.24) is 19.9 Å². The number of anilines is 1. The summed E-state index contributed by atoms with van der Waals surface area (Å²) in [6.07, 6.45) is 1.40. The first kappa shape index (κ1) is 23.5. The van der Waals surface area contributed by atoms with E-state index in [4.69, 9.17) is 30.2 Å². The Balaban J connectivity index is 0.000000446. The van der Waals surface area contributed by atoms with Crippen molar-refractivity contribution in [3.05, 3.63) is 16.7 Å². The average Bonchev–Trinajstić information content (AvgIpc) is 2.70. The lowest BCUT2D eigenvalue weighted by atomic mass is 10.5. The van der Waals surface area contributed by atoms with Crippen LogP contribution < -0.4 is 11.3 Å². The zero-order valence-electron chi connectivity index (χ0n) is 11.6. The molecule has 144 valence electrons. The van der Waals surface area contributed by atoms with E-state index in [1.165, 1.54) is 6.33 Å². The Morgan fingerprint density at radius 3 is 1.96 bits per heavy atom. The average molecular weight is 427 g/mol. The van der Waals surface area contributed by atoms with Crippen molar-refractivity contribution in [3.8, 4) is 0 Å². The van der Waals surface area contributed by atoms with E-state index < -0.39 is 23.5 Å². The summed E-state index contributed by atoms with van der Waals surface area (Å²) in [5.74, 6) is 0.0783. The van der Waals surface area contributed by atoms with Crippen LogP contribution in [-0.2, 0) is 22.3 Å². The summed E-state index contributed by atoms with van der Waals surface area (Å²) in [4.78, 5) is 63.8. The molecule has 0 unspecified atom stereocenters. The SMILES string of the molecule is Nc1nc2nc[nH]c2c(=O)[nH]1.O.O=P(O)(O)OP(=O)(O)OP(=O)(O)O. The highest BCUT2D eigenvalue weighted by Gasteiger charge is 2.38. The van der Waals surface area contributed by atoms with Crippen LogP contribution in [0.25, 0.3) is 11.2 Å². The number of nitrogens with zero attached hydrogens (tertiary/aromatic N) is 2. The molecule has 0 spiro atoms. The summed E-state index contributed by atoms with van der Waals surface area (Å²) < 4.78 is 36.4. The molecule has 2 rings (SSSR count). The molecule has 2 aromatic rings. The minimum atomic E-state index is -5.46. The lowest BCUT2D eigenvalue weighted by molar-refractivity contribution is 0.204. The molecule has 0 aromatic carbocycles. The second-order valence-electron chi connectivity index (χ2n) is 3.67. The first-order chi connectivity index (χ1) is 10.7. The molecule has 2 aromatic heterocycles. The van der Waals surface area contributed by atoms with Crippen LogP contribution in [0.3, 0.4) is 0 Å². The van der Waals surface area contributed by atoms with Crippen molar-refractivity contribution in [2.75, 3.05) is 5.73 Å². The highest BCUT2D eigenvalue weighted by molar-refractivity contribution is 7.66. The summed E-state index contributed by atoms with van der Waals surface area (Å²) in [6, 6.07) is 0. The number of imidazole rings is 1. The molecule has 20 heteroatoms. The van der Waals surface area contributed by atoms with Gasteiger partial charge in [0.2, 0.25) is 5.95 Å². The Kier molecular flexibility index (Phi) is 7.78. The number of nitrogen functional groups attached to an aromatic ring is 1. The van der Waals surface area contributed by atoms with Crippen LogP contribution in [0, 0.1) is 0 Å². The molecule has 0 atom stereocenters. The molecule has 0 aliphatic carbocycles. The fourth-order valence-electron chi connectivity index (χ4n) is 1.14. The van der Waals surface area contributed by atoms with Crippen LogP contribution >= 0.6 is 23.5 Å². The topological polar surface area (TPSA) is 303 Å². The maximum atomic E-state index is 11.0. The fraction of sp³-hybridized carbons (Fsp3) is 0. The van der Waals surface area contributed by atoms with Crippen LogP contribution in [0.5, 0.6) is 0 Å². The Hall–Kier alpha value is -1.48. The minimum absolute atomic E-state index is 0. The summed E-state index contributed by atoms with van der Waals surface area (Å²) in [6.45, 7) is 0. The first-order valence-electron chi connectivity index (χ1n) is 5.24. The van der Waals surface area contributed by atoms with E-state index in [9.17, 15) is 18.5 Å². The Morgan fingerprint density at radius 1 is 1.04 bits per heavy atom. The van der Waals surface area contributed by atoms with E-state index in [0.717, 1.165) is 0 Å². The summed E-state index contributed by atoms with van der Waals surface area (Å²) in [7, 11) is -16.2. The smallest absolute Gasteiger partial charge is 0.412 e. The van der Waals surface area contributed by atoms with Crippen LogP contribution in [-0.4, -0.2) is 49.9 Å². The molecule has 25 heavy (non-hydrogen) atoms. The van der Waals surface area contributed by atoms with Gasteiger partial charge < -0.3 is 40.7 Å². The molecule has 0 aliphatic rings. The van der Waals surface area contributed by atoms with Crippen molar-refractivity contribution in [1.29, 1.82) is 0 Å². The molecular formula is C5H12N5O12P3. The van der Waals surface area contributed by atoms with Crippen LogP contribution in [0.1, 0.15) is 0 Å². The van der Waals surface area contributed by atoms with Gasteiger partial charge in [-0.2, -0.15) is 13.6 Å². The molecular weight excluding hydrogens is 415 g/mol. The molecule has 0 amide bonds. The summed E-state index contributed by atoms with van der Waals surface area (Å²) in [5, 5.41) is 0. The van der Waals surface area contributed by atoms with Gasteiger partial charge in [-0.25, -0.2) is 18.7 Å². The zero-order chi connectivity index (χ0) is 18.8. The number of fused-ring (bicyclic) bond motifs is 1. The molecule has 2 heterocycles. The van der Waals surface area contributed by atoms with Gasteiger partial charge in [-0.05, 0) is 0 Å². The maximum absolute atomic E-state index is 11.0. The maximum Gasteiger partial charge on any atom is 0.490 e. The van der Waals surface area contributed by atoms with Gasteiger partial charge in [0, 0.05) is 0 Å². The molecule has 0 fully saturated rings. The number of aromatic amines is 2. The zero-order valence-corrected chi connectivity index (χ0v) is 14.3. The first-order valence-corrected chi connectivity index (χ1v) is 9.79. The third-order valence-corrected chi connectivity index (χ3v) is 5.09. The monoisotopic (exact) mass is 427 g/mol. The molecule has 0 saturated heterocycles. The number of aromatic nitrogens is 4. The Bertz CT molecular complexity index is 881. The lowest BCUT2D eigenvalue weighted by Gasteiger charge is -2.11. The highest BCUT2D eigenvalue weighted by Crippen LogP contribution is 2.64. The number of hydrogen-bond acceptors (Lipinski definition) is 9. The largest absolute Gasteiger partial charge is 0.490 e. The van der Waals surface area contributed by atoms with Crippen molar-refractivity contribution in [2.24, 2.45) is 0 Å². The molecule has 0 saturated carbocycles. The second kappa shape index (κ2) is 8.27. The number of nitrogens with one attached hydrogen (secondary N) is 2. The quantitative estimate of drug-likeness (QED) is 0.238. The number of H-pyrrole nitrogens is 2.